The lowest BCUT2D eigenvalue weighted by Crippen LogP contribution is -2.20. The van der Waals surface area contributed by atoms with Gasteiger partial charge in [-0.05, 0) is 48.0 Å². The van der Waals surface area contributed by atoms with Gasteiger partial charge in [-0.25, -0.2) is 0 Å². The van der Waals surface area contributed by atoms with E-state index in [4.69, 9.17) is 5.11 Å². The molecule has 0 aromatic heterocycles. The maximum absolute atomic E-state index is 9.89. The van der Waals surface area contributed by atoms with Gasteiger partial charge >= 0.3 is 0 Å². The summed E-state index contributed by atoms with van der Waals surface area (Å²) >= 11 is 6.69. The third-order valence-corrected chi connectivity index (χ3v) is 3.37. The van der Waals surface area contributed by atoms with Gasteiger partial charge in [0.1, 0.15) is 5.75 Å². The fraction of sp³-hybridized carbons (Fsp3) is 0.455. The monoisotopic (exact) mass is 351 g/mol. The van der Waals surface area contributed by atoms with E-state index in [2.05, 4.69) is 37.2 Å². The van der Waals surface area contributed by atoms with E-state index in [1.54, 1.807) is 6.07 Å². The van der Waals surface area contributed by atoms with Crippen LogP contribution in [0.25, 0.3) is 0 Å². The maximum Gasteiger partial charge on any atom is 0.134 e. The number of nitrogens with one attached hydrogen (secondary N) is 1. The molecule has 0 saturated carbocycles. The zero-order chi connectivity index (χ0) is 12.1. The fourth-order valence-corrected chi connectivity index (χ4v) is 2.68. The second-order valence-electron chi connectivity index (χ2n) is 3.58. The molecule has 0 radical (unpaired) electrons. The normalized spacial score (nSPS) is 12.8. The molecule has 0 heterocycles. The number of aliphatic hydroxyl groups is 1. The molecule has 1 atom stereocenters. The van der Waals surface area contributed by atoms with Crippen LogP contribution < -0.4 is 5.32 Å². The summed E-state index contributed by atoms with van der Waals surface area (Å²) in [7, 11) is 0. The molecular weight excluding hydrogens is 338 g/mol. The van der Waals surface area contributed by atoms with Crippen molar-refractivity contribution in [3.63, 3.8) is 0 Å². The molecular formula is C11H15Br2NO2. The smallest absolute Gasteiger partial charge is 0.134 e. The van der Waals surface area contributed by atoms with Gasteiger partial charge in [0, 0.05) is 22.7 Å². The first kappa shape index (κ1) is 14.0. The van der Waals surface area contributed by atoms with Crippen LogP contribution in [0.2, 0.25) is 0 Å². The Balaban J connectivity index is 2.78. The molecule has 1 unspecified atom stereocenters. The molecule has 3 N–H and O–H groups in total. The summed E-state index contributed by atoms with van der Waals surface area (Å²) in [5, 5.41) is 21.8. The Morgan fingerprint density at radius 2 is 2.06 bits per heavy atom. The Labute approximate surface area is 112 Å². The van der Waals surface area contributed by atoms with Gasteiger partial charge in [-0.2, -0.15) is 0 Å². The number of aromatic hydroxyl groups is 1. The van der Waals surface area contributed by atoms with Gasteiger partial charge in [0.15, 0.2) is 0 Å². The third-order valence-electron chi connectivity index (χ3n) is 2.31. The second-order valence-corrected chi connectivity index (χ2v) is 5.35. The summed E-state index contributed by atoms with van der Waals surface area (Å²) in [4.78, 5) is 0. The molecule has 3 nitrogen and oxygen atoms in total. The van der Waals surface area contributed by atoms with Gasteiger partial charge in [0.2, 0.25) is 0 Å². The van der Waals surface area contributed by atoms with Gasteiger partial charge in [0.25, 0.3) is 0 Å². The molecule has 0 aliphatic heterocycles. The van der Waals surface area contributed by atoms with Crippen LogP contribution in [0.1, 0.15) is 24.9 Å². The molecule has 90 valence electrons. The molecule has 5 heteroatoms. The van der Waals surface area contributed by atoms with E-state index in [0.29, 0.717) is 10.9 Å². The Kier molecular flexibility index (Phi) is 5.75. The van der Waals surface area contributed by atoms with E-state index in [1.807, 2.05) is 13.0 Å². The molecule has 1 aromatic rings. The predicted octanol–water partition coefficient (Wildman–Crippen LogP) is 2.95. The Morgan fingerprint density at radius 1 is 1.38 bits per heavy atom. The number of benzene rings is 1. The number of phenols is 1. The summed E-state index contributed by atoms with van der Waals surface area (Å²) in [5.74, 6) is 0.257. The minimum absolute atomic E-state index is 0.0420. The van der Waals surface area contributed by atoms with E-state index in [1.165, 1.54) is 0 Å². The maximum atomic E-state index is 9.89. The number of rotatable bonds is 5. The van der Waals surface area contributed by atoms with Gasteiger partial charge in [-0.15, -0.1) is 0 Å². The Bertz CT molecular complexity index is 358. The van der Waals surface area contributed by atoms with Crippen molar-refractivity contribution >= 4 is 31.9 Å². The van der Waals surface area contributed by atoms with E-state index >= 15 is 0 Å². The highest BCUT2D eigenvalue weighted by Crippen LogP contribution is 2.34. The van der Waals surface area contributed by atoms with Crippen LogP contribution in [-0.2, 0) is 0 Å². The van der Waals surface area contributed by atoms with Crippen LogP contribution in [0, 0.1) is 0 Å². The van der Waals surface area contributed by atoms with Crippen molar-refractivity contribution in [1.29, 1.82) is 0 Å². The predicted molar refractivity (Wildman–Crippen MR) is 71.6 cm³/mol. The molecule has 1 aromatic carbocycles. The molecule has 0 aliphatic rings. The van der Waals surface area contributed by atoms with Crippen molar-refractivity contribution in [1.82, 2.24) is 5.32 Å². The molecule has 0 spiro atoms. The van der Waals surface area contributed by atoms with Crippen molar-refractivity contribution in [2.75, 3.05) is 13.2 Å². The first-order chi connectivity index (χ1) is 7.56. The van der Waals surface area contributed by atoms with Crippen molar-refractivity contribution in [3.8, 4) is 5.75 Å². The number of phenolic OH excluding ortho intramolecular Hbond substituents is 1. The quantitative estimate of drug-likeness (QED) is 0.714. The summed E-state index contributed by atoms with van der Waals surface area (Å²) in [6, 6.07) is 3.73. The Morgan fingerprint density at radius 3 is 2.69 bits per heavy atom. The molecule has 16 heavy (non-hydrogen) atoms. The van der Waals surface area contributed by atoms with Crippen LogP contribution >= 0.6 is 31.9 Å². The van der Waals surface area contributed by atoms with E-state index < -0.39 is 0 Å². The van der Waals surface area contributed by atoms with Gasteiger partial charge in [-0.3, -0.25) is 0 Å². The fourth-order valence-electron chi connectivity index (χ4n) is 1.42. The molecule has 0 aliphatic carbocycles. The summed E-state index contributed by atoms with van der Waals surface area (Å²) in [6.07, 6.45) is 0.709. The standard InChI is InChI=1S/C11H15Br2NO2/c1-7(14-3-2-4-15)9-5-8(12)6-10(13)11(9)16/h5-7,14-16H,2-4H2,1H3. The average molecular weight is 353 g/mol. The molecule has 0 bridgehead atoms. The number of hydrogen-bond donors (Lipinski definition) is 3. The highest BCUT2D eigenvalue weighted by molar-refractivity contribution is 9.11. The molecule has 0 fully saturated rings. The average Bonchev–Trinajstić information content (AvgIpc) is 2.23. The largest absolute Gasteiger partial charge is 0.506 e. The topological polar surface area (TPSA) is 52.5 Å². The highest BCUT2D eigenvalue weighted by Gasteiger charge is 2.13. The van der Waals surface area contributed by atoms with Crippen molar-refractivity contribution < 1.29 is 10.2 Å². The summed E-state index contributed by atoms with van der Waals surface area (Å²) in [5.41, 5.74) is 0.833. The van der Waals surface area contributed by atoms with Crippen molar-refractivity contribution in [2.45, 2.75) is 19.4 Å². The zero-order valence-electron chi connectivity index (χ0n) is 9.00. The number of hydrogen-bond acceptors (Lipinski definition) is 3. The second kappa shape index (κ2) is 6.59. The van der Waals surface area contributed by atoms with Crippen LogP contribution in [0.5, 0.6) is 5.75 Å². The van der Waals surface area contributed by atoms with Crippen molar-refractivity contribution in [2.24, 2.45) is 0 Å². The summed E-state index contributed by atoms with van der Waals surface area (Å²) in [6.45, 7) is 2.88. The number of halogens is 2. The van der Waals surface area contributed by atoms with Crippen LogP contribution in [0.4, 0.5) is 0 Å². The first-order valence-electron chi connectivity index (χ1n) is 5.08. The number of aliphatic hydroxyl groups excluding tert-OH is 1. The lowest BCUT2D eigenvalue weighted by molar-refractivity contribution is 0.283. The molecule has 1 rings (SSSR count). The molecule has 0 amide bonds. The van der Waals surface area contributed by atoms with Gasteiger partial charge in [-0.1, -0.05) is 15.9 Å². The highest BCUT2D eigenvalue weighted by atomic mass is 79.9. The minimum atomic E-state index is 0.0420. The van der Waals surface area contributed by atoms with Crippen LogP contribution in [0.15, 0.2) is 21.1 Å². The van der Waals surface area contributed by atoms with Crippen LogP contribution in [-0.4, -0.2) is 23.4 Å². The van der Waals surface area contributed by atoms with Crippen molar-refractivity contribution in [3.05, 3.63) is 26.6 Å². The van der Waals surface area contributed by atoms with E-state index in [-0.39, 0.29) is 18.4 Å². The van der Waals surface area contributed by atoms with E-state index in [0.717, 1.165) is 16.6 Å². The zero-order valence-corrected chi connectivity index (χ0v) is 12.2. The Hall–Kier alpha value is -0.100. The minimum Gasteiger partial charge on any atom is -0.506 e. The van der Waals surface area contributed by atoms with Gasteiger partial charge in [0.05, 0.1) is 4.47 Å². The third kappa shape index (κ3) is 3.73. The molecule has 0 saturated heterocycles. The lowest BCUT2D eigenvalue weighted by atomic mass is 10.1. The van der Waals surface area contributed by atoms with Crippen LogP contribution in [0.3, 0.4) is 0 Å². The van der Waals surface area contributed by atoms with E-state index in [9.17, 15) is 5.11 Å². The lowest BCUT2D eigenvalue weighted by Gasteiger charge is -2.16. The van der Waals surface area contributed by atoms with Gasteiger partial charge < -0.3 is 15.5 Å². The first-order valence-corrected chi connectivity index (χ1v) is 6.67. The SMILES string of the molecule is CC(NCCCO)c1cc(Br)cc(Br)c1O. The summed E-state index contributed by atoms with van der Waals surface area (Å²) < 4.78 is 1.59.